The van der Waals surface area contributed by atoms with E-state index in [1.165, 1.54) is 0 Å². The Kier molecular flexibility index (Phi) is 5.46. The lowest BCUT2D eigenvalue weighted by Crippen LogP contribution is -2.46. The molecule has 3 N–H and O–H groups in total. The largest absolute Gasteiger partial charge is 0.397 e. The Balaban J connectivity index is 1.69. The summed E-state index contributed by atoms with van der Waals surface area (Å²) >= 11 is 5.94. The highest BCUT2D eigenvalue weighted by atomic mass is 35.5. The third kappa shape index (κ3) is 4.24. The van der Waals surface area contributed by atoms with E-state index in [9.17, 15) is 4.79 Å². The summed E-state index contributed by atoms with van der Waals surface area (Å²) in [4.78, 5) is 17.0. The van der Waals surface area contributed by atoms with Gasteiger partial charge in [-0.15, -0.1) is 0 Å². The molecule has 1 heterocycles. The number of halogens is 1. The molecule has 25 heavy (non-hydrogen) atoms. The Labute approximate surface area is 153 Å². The van der Waals surface area contributed by atoms with E-state index in [2.05, 4.69) is 22.0 Å². The monoisotopic (exact) mass is 358 g/mol. The third-order valence-corrected chi connectivity index (χ3v) is 4.77. The highest BCUT2D eigenvalue weighted by molar-refractivity contribution is 6.31. The van der Waals surface area contributed by atoms with Gasteiger partial charge in [0.2, 0.25) is 0 Å². The summed E-state index contributed by atoms with van der Waals surface area (Å²) in [7, 11) is 0. The lowest BCUT2D eigenvalue weighted by molar-refractivity contribution is 0.102. The first-order chi connectivity index (χ1) is 12.1. The molecule has 0 aromatic heterocycles. The average molecular weight is 359 g/mol. The van der Waals surface area contributed by atoms with E-state index in [0.717, 1.165) is 38.4 Å². The number of benzene rings is 2. The van der Waals surface area contributed by atoms with Gasteiger partial charge >= 0.3 is 0 Å². The van der Waals surface area contributed by atoms with Crippen LogP contribution in [0, 0.1) is 0 Å². The van der Waals surface area contributed by atoms with Crippen molar-refractivity contribution in [2.45, 2.75) is 6.92 Å². The van der Waals surface area contributed by atoms with Gasteiger partial charge in [-0.3, -0.25) is 4.79 Å². The number of anilines is 3. The minimum Gasteiger partial charge on any atom is -0.397 e. The van der Waals surface area contributed by atoms with Crippen LogP contribution < -0.4 is 16.0 Å². The van der Waals surface area contributed by atoms with E-state index in [1.54, 1.807) is 24.3 Å². The minimum absolute atomic E-state index is 0.203. The molecule has 0 radical (unpaired) electrons. The van der Waals surface area contributed by atoms with Crippen molar-refractivity contribution < 1.29 is 4.79 Å². The standard InChI is InChI=1S/C19H23ClN4O/c1-2-23-8-10-24(11-9-23)18-7-6-16(13-17(18)21)22-19(25)14-4-3-5-15(20)12-14/h3-7,12-13H,2,8-11,21H2,1H3,(H,22,25). The molecule has 0 atom stereocenters. The topological polar surface area (TPSA) is 61.6 Å². The van der Waals surface area contributed by atoms with Crippen molar-refractivity contribution in [2.75, 3.05) is 48.7 Å². The molecule has 3 rings (SSSR count). The summed E-state index contributed by atoms with van der Waals surface area (Å²) in [6, 6.07) is 12.5. The molecule has 0 spiro atoms. The summed E-state index contributed by atoms with van der Waals surface area (Å²) in [5.74, 6) is -0.203. The van der Waals surface area contributed by atoms with Crippen molar-refractivity contribution in [3.63, 3.8) is 0 Å². The Morgan fingerprint density at radius 2 is 1.92 bits per heavy atom. The van der Waals surface area contributed by atoms with E-state index in [1.807, 2.05) is 18.2 Å². The first-order valence-electron chi connectivity index (χ1n) is 8.50. The molecule has 0 aliphatic carbocycles. The van der Waals surface area contributed by atoms with Crippen molar-refractivity contribution in [3.8, 4) is 0 Å². The summed E-state index contributed by atoms with van der Waals surface area (Å²) in [5, 5.41) is 3.40. The van der Waals surface area contributed by atoms with Crippen molar-refractivity contribution in [1.29, 1.82) is 0 Å². The van der Waals surface area contributed by atoms with Gasteiger partial charge in [0.05, 0.1) is 11.4 Å². The number of piperazine rings is 1. The second kappa shape index (κ2) is 7.76. The van der Waals surface area contributed by atoms with Gasteiger partial charge in [-0.1, -0.05) is 24.6 Å². The Hall–Kier alpha value is -2.24. The number of nitrogens with two attached hydrogens (primary N) is 1. The molecule has 132 valence electrons. The SMILES string of the molecule is CCN1CCN(c2ccc(NC(=O)c3cccc(Cl)c3)cc2N)CC1. The van der Waals surface area contributed by atoms with Crippen LogP contribution in [0.5, 0.6) is 0 Å². The quantitative estimate of drug-likeness (QED) is 0.823. The number of amides is 1. The van der Waals surface area contributed by atoms with Crippen molar-refractivity contribution >= 4 is 34.6 Å². The van der Waals surface area contributed by atoms with E-state index in [-0.39, 0.29) is 5.91 Å². The summed E-state index contributed by atoms with van der Waals surface area (Å²) in [6.45, 7) is 7.28. The van der Waals surface area contributed by atoms with Crippen LogP contribution in [-0.2, 0) is 0 Å². The fourth-order valence-corrected chi connectivity index (χ4v) is 3.25. The number of hydrogen-bond donors (Lipinski definition) is 2. The van der Waals surface area contributed by atoms with E-state index < -0.39 is 0 Å². The molecule has 2 aromatic carbocycles. The Morgan fingerprint density at radius 1 is 1.16 bits per heavy atom. The first kappa shape index (κ1) is 17.6. The zero-order valence-electron chi connectivity index (χ0n) is 14.3. The van der Waals surface area contributed by atoms with Crippen LogP contribution in [0.4, 0.5) is 17.1 Å². The number of likely N-dealkylation sites (N-methyl/N-ethyl adjacent to an activating group) is 1. The van der Waals surface area contributed by atoms with E-state index in [0.29, 0.717) is 22.0 Å². The maximum Gasteiger partial charge on any atom is 0.255 e. The average Bonchev–Trinajstić information content (AvgIpc) is 2.62. The maximum atomic E-state index is 12.3. The Bertz CT molecular complexity index is 757. The molecule has 0 saturated carbocycles. The van der Waals surface area contributed by atoms with Crippen molar-refractivity contribution in [2.24, 2.45) is 0 Å². The van der Waals surface area contributed by atoms with Crippen LogP contribution >= 0.6 is 11.6 Å². The molecule has 0 unspecified atom stereocenters. The molecule has 5 nitrogen and oxygen atoms in total. The molecule has 1 fully saturated rings. The molecule has 0 bridgehead atoms. The predicted molar refractivity (Wildman–Crippen MR) is 105 cm³/mol. The predicted octanol–water partition coefficient (Wildman–Crippen LogP) is 3.32. The highest BCUT2D eigenvalue weighted by Crippen LogP contribution is 2.28. The van der Waals surface area contributed by atoms with Gasteiger partial charge in [0, 0.05) is 42.5 Å². The number of carbonyl (C=O) groups is 1. The van der Waals surface area contributed by atoms with Gasteiger partial charge in [-0.25, -0.2) is 0 Å². The molecular formula is C19H23ClN4O. The molecular weight excluding hydrogens is 336 g/mol. The zero-order valence-corrected chi connectivity index (χ0v) is 15.1. The first-order valence-corrected chi connectivity index (χ1v) is 8.88. The van der Waals surface area contributed by atoms with Gasteiger partial charge < -0.3 is 20.9 Å². The van der Waals surface area contributed by atoms with Crippen molar-refractivity contribution in [1.82, 2.24) is 4.90 Å². The number of hydrogen-bond acceptors (Lipinski definition) is 4. The lowest BCUT2D eigenvalue weighted by Gasteiger charge is -2.36. The number of rotatable bonds is 4. The smallest absolute Gasteiger partial charge is 0.255 e. The molecule has 1 saturated heterocycles. The summed E-state index contributed by atoms with van der Waals surface area (Å²) in [5.41, 5.74) is 9.13. The fraction of sp³-hybridized carbons (Fsp3) is 0.316. The van der Waals surface area contributed by atoms with Gasteiger partial charge in [-0.05, 0) is 42.9 Å². The molecule has 1 amide bonds. The van der Waals surface area contributed by atoms with Crippen LogP contribution in [0.3, 0.4) is 0 Å². The number of nitrogens with one attached hydrogen (secondary N) is 1. The van der Waals surface area contributed by atoms with Crippen LogP contribution in [0.25, 0.3) is 0 Å². The second-order valence-electron chi connectivity index (χ2n) is 6.16. The van der Waals surface area contributed by atoms with Crippen LogP contribution in [-0.4, -0.2) is 43.5 Å². The van der Waals surface area contributed by atoms with Crippen LogP contribution in [0.1, 0.15) is 17.3 Å². The third-order valence-electron chi connectivity index (χ3n) is 4.53. The van der Waals surface area contributed by atoms with Gasteiger partial charge in [0.1, 0.15) is 0 Å². The fourth-order valence-electron chi connectivity index (χ4n) is 3.06. The number of nitrogen functional groups attached to an aromatic ring is 1. The zero-order chi connectivity index (χ0) is 17.8. The van der Waals surface area contributed by atoms with Gasteiger partial charge in [-0.2, -0.15) is 0 Å². The van der Waals surface area contributed by atoms with Crippen LogP contribution in [0.2, 0.25) is 5.02 Å². The summed E-state index contributed by atoms with van der Waals surface area (Å²) < 4.78 is 0. The Morgan fingerprint density at radius 3 is 2.56 bits per heavy atom. The van der Waals surface area contributed by atoms with Gasteiger partial charge in [0.15, 0.2) is 0 Å². The van der Waals surface area contributed by atoms with Gasteiger partial charge in [0.25, 0.3) is 5.91 Å². The molecule has 1 aliphatic heterocycles. The molecule has 6 heteroatoms. The maximum absolute atomic E-state index is 12.3. The number of nitrogens with zero attached hydrogens (tertiary/aromatic N) is 2. The van der Waals surface area contributed by atoms with E-state index in [4.69, 9.17) is 17.3 Å². The van der Waals surface area contributed by atoms with E-state index >= 15 is 0 Å². The van der Waals surface area contributed by atoms with Crippen molar-refractivity contribution in [3.05, 3.63) is 53.1 Å². The molecule has 1 aliphatic rings. The normalized spacial score (nSPS) is 15.2. The lowest BCUT2D eigenvalue weighted by atomic mass is 10.1. The highest BCUT2D eigenvalue weighted by Gasteiger charge is 2.18. The second-order valence-corrected chi connectivity index (χ2v) is 6.60. The van der Waals surface area contributed by atoms with Crippen LogP contribution in [0.15, 0.2) is 42.5 Å². The number of carbonyl (C=O) groups excluding carboxylic acids is 1. The molecule has 2 aromatic rings. The minimum atomic E-state index is -0.203. The summed E-state index contributed by atoms with van der Waals surface area (Å²) in [6.07, 6.45) is 0.